The second-order valence-corrected chi connectivity index (χ2v) is 6.03. The molecule has 1 heterocycles. The lowest BCUT2D eigenvalue weighted by Gasteiger charge is -2.13. The third-order valence-electron chi connectivity index (χ3n) is 3.72. The monoisotopic (exact) mass is 331 g/mol. The van der Waals surface area contributed by atoms with Gasteiger partial charge in [0.05, 0.1) is 24.7 Å². The van der Waals surface area contributed by atoms with Crippen molar-refractivity contribution in [2.75, 3.05) is 17.7 Å². The van der Waals surface area contributed by atoms with Crippen LogP contribution in [0.15, 0.2) is 30.5 Å². The molecule has 3 rings (SSSR count). The van der Waals surface area contributed by atoms with Gasteiger partial charge in [0.1, 0.15) is 11.6 Å². The largest absolute Gasteiger partial charge is 0.495 e. The highest BCUT2D eigenvalue weighted by Gasteiger charge is 2.29. The fraction of sp³-hybridized carbons (Fsp3) is 0.294. The molecule has 1 aromatic heterocycles. The van der Waals surface area contributed by atoms with Gasteiger partial charge in [-0.1, -0.05) is 11.6 Å². The van der Waals surface area contributed by atoms with Gasteiger partial charge in [0.25, 0.3) is 0 Å². The smallest absolute Gasteiger partial charge is 0.228 e. The van der Waals surface area contributed by atoms with Crippen LogP contribution in [0.2, 0.25) is 5.02 Å². The van der Waals surface area contributed by atoms with Gasteiger partial charge < -0.3 is 15.4 Å². The molecule has 0 spiro atoms. The molecule has 1 amide bonds. The first-order valence-electron chi connectivity index (χ1n) is 7.45. The summed E-state index contributed by atoms with van der Waals surface area (Å²) in [4.78, 5) is 16.0. The molecule has 6 heteroatoms. The molecule has 120 valence electrons. The number of nitrogens with zero attached hydrogens (tertiary/aromatic N) is 1. The Kier molecular flexibility index (Phi) is 4.39. The van der Waals surface area contributed by atoms with Crippen molar-refractivity contribution in [1.29, 1.82) is 0 Å². The second kappa shape index (κ2) is 6.46. The van der Waals surface area contributed by atoms with Crippen LogP contribution in [-0.4, -0.2) is 18.0 Å². The fourth-order valence-electron chi connectivity index (χ4n) is 2.20. The fourth-order valence-corrected chi connectivity index (χ4v) is 2.35. The summed E-state index contributed by atoms with van der Waals surface area (Å²) in [5.74, 6) is 1.43. The van der Waals surface area contributed by atoms with Crippen molar-refractivity contribution in [3.05, 3.63) is 41.0 Å². The number of nitrogens with one attached hydrogen (secondary N) is 2. The van der Waals surface area contributed by atoms with E-state index in [4.69, 9.17) is 16.3 Å². The molecule has 1 aliphatic rings. The lowest BCUT2D eigenvalue weighted by Crippen LogP contribution is -2.14. The van der Waals surface area contributed by atoms with Crippen LogP contribution in [0.4, 0.5) is 17.2 Å². The summed E-state index contributed by atoms with van der Waals surface area (Å²) in [7, 11) is 1.60. The number of pyridine rings is 1. The van der Waals surface area contributed by atoms with Crippen LogP contribution in [0.1, 0.15) is 18.4 Å². The van der Waals surface area contributed by atoms with E-state index in [1.165, 1.54) is 0 Å². The Morgan fingerprint density at radius 2 is 2.13 bits per heavy atom. The number of hydrogen-bond acceptors (Lipinski definition) is 4. The maximum Gasteiger partial charge on any atom is 0.228 e. The molecule has 0 unspecified atom stereocenters. The molecule has 1 saturated carbocycles. The van der Waals surface area contributed by atoms with Crippen LogP contribution in [0.3, 0.4) is 0 Å². The Morgan fingerprint density at radius 3 is 2.74 bits per heavy atom. The topological polar surface area (TPSA) is 63.2 Å². The normalized spacial score (nSPS) is 13.5. The average Bonchev–Trinajstić information content (AvgIpc) is 3.37. The summed E-state index contributed by atoms with van der Waals surface area (Å²) in [5, 5.41) is 6.72. The zero-order valence-electron chi connectivity index (χ0n) is 13.0. The molecular weight excluding hydrogens is 314 g/mol. The summed E-state index contributed by atoms with van der Waals surface area (Å²) in [5.41, 5.74) is 2.57. The summed E-state index contributed by atoms with van der Waals surface area (Å²) >= 11 is 6.11. The number of halogens is 1. The number of rotatable bonds is 5. The number of carbonyl (C=O) groups excluding carboxylic acids is 1. The minimum Gasteiger partial charge on any atom is -0.495 e. The van der Waals surface area contributed by atoms with Crippen LogP contribution >= 0.6 is 11.6 Å². The van der Waals surface area contributed by atoms with E-state index in [0.717, 1.165) is 29.8 Å². The van der Waals surface area contributed by atoms with Crippen LogP contribution in [0.5, 0.6) is 5.75 Å². The van der Waals surface area contributed by atoms with Crippen molar-refractivity contribution < 1.29 is 9.53 Å². The zero-order chi connectivity index (χ0) is 16.4. The van der Waals surface area contributed by atoms with Crippen molar-refractivity contribution in [1.82, 2.24) is 4.98 Å². The van der Waals surface area contributed by atoms with Gasteiger partial charge in [-0.2, -0.15) is 0 Å². The highest BCUT2D eigenvalue weighted by atomic mass is 35.5. The summed E-state index contributed by atoms with van der Waals surface area (Å²) < 4.78 is 5.34. The van der Waals surface area contributed by atoms with E-state index >= 15 is 0 Å². The number of carbonyl (C=O) groups is 1. The Labute approximate surface area is 140 Å². The number of ether oxygens (including phenoxy) is 1. The van der Waals surface area contributed by atoms with E-state index in [2.05, 4.69) is 15.6 Å². The van der Waals surface area contributed by atoms with Gasteiger partial charge in [0.2, 0.25) is 5.91 Å². The molecule has 5 nitrogen and oxygen atoms in total. The molecule has 1 aromatic carbocycles. The molecule has 0 saturated heterocycles. The Balaban J connectivity index is 1.73. The Bertz CT molecular complexity index is 727. The zero-order valence-corrected chi connectivity index (χ0v) is 13.8. The molecule has 0 aliphatic heterocycles. The number of aryl methyl sites for hydroxylation is 1. The summed E-state index contributed by atoms with van der Waals surface area (Å²) in [6.45, 7) is 1.93. The van der Waals surface area contributed by atoms with Gasteiger partial charge in [0.15, 0.2) is 0 Å². The first kappa shape index (κ1) is 15.6. The number of amides is 1. The molecule has 1 fully saturated rings. The highest BCUT2D eigenvalue weighted by molar-refractivity contribution is 6.31. The van der Waals surface area contributed by atoms with Gasteiger partial charge in [-0.05, 0) is 43.5 Å². The number of aromatic nitrogens is 1. The highest BCUT2D eigenvalue weighted by Crippen LogP contribution is 2.33. The predicted octanol–water partition coefficient (Wildman–Crippen LogP) is 4.14. The molecular formula is C17H18ClN3O2. The third-order valence-corrected chi connectivity index (χ3v) is 4.13. The second-order valence-electron chi connectivity index (χ2n) is 5.62. The minimum absolute atomic E-state index is 0.0493. The summed E-state index contributed by atoms with van der Waals surface area (Å²) in [6, 6.07) is 7.33. The Hall–Kier alpha value is -2.27. The van der Waals surface area contributed by atoms with Crippen molar-refractivity contribution in [2.24, 2.45) is 5.92 Å². The van der Waals surface area contributed by atoms with Crippen molar-refractivity contribution in [3.63, 3.8) is 0 Å². The quantitative estimate of drug-likeness (QED) is 0.864. The maximum atomic E-state index is 11.7. The SMILES string of the molecule is COc1cc(Cl)c(C)cc1Nc1ccc(NC(=O)C2CC2)nc1. The van der Waals surface area contributed by atoms with E-state index in [1.54, 1.807) is 25.4 Å². The van der Waals surface area contributed by atoms with Crippen LogP contribution in [-0.2, 0) is 4.79 Å². The number of anilines is 3. The first-order valence-corrected chi connectivity index (χ1v) is 7.82. The lowest BCUT2D eigenvalue weighted by molar-refractivity contribution is -0.117. The molecule has 0 radical (unpaired) electrons. The van der Waals surface area contributed by atoms with E-state index in [0.29, 0.717) is 16.6 Å². The van der Waals surface area contributed by atoms with E-state index in [9.17, 15) is 4.79 Å². The molecule has 2 N–H and O–H groups in total. The number of methoxy groups -OCH3 is 1. The van der Waals surface area contributed by atoms with Crippen LogP contribution in [0, 0.1) is 12.8 Å². The van der Waals surface area contributed by atoms with Gasteiger partial charge in [0, 0.05) is 17.0 Å². The molecule has 2 aromatic rings. The number of hydrogen-bond donors (Lipinski definition) is 2. The minimum atomic E-state index is 0.0493. The van der Waals surface area contributed by atoms with Gasteiger partial charge in [-0.15, -0.1) is 0 Å². The average molecular weight is 332 g/mol. The van der Waals surface area contributed by atoms with E-state index in [-0.39, 0.29) is 11.8 Å². The van der Waals surface area contributed by atoms with Crippen molar-refractivity contribution in [2.45, 2.75) is 19.8 Å². The maximum absolute atomic E-state index is 11.7. The van der Waals surface area contributed by atoms with Gasteiger partial charge >= 0.3 is 0 Å². The van der Waals surface area contributed by atoms with Crippen LogP contribution < -0.4 is 15.4 Å². The van der Waals surface area contributed by atoms with E-state index < -0.39 is 0 Å². The number of benzene rings is 1. The van der Waals surface area contributed by atoms with E-state index in [1.807, 2.05) is 19.1 Å². The molecule has 0 bridgehead atoms. The Morgan fingerprint density at radius 1 is 1.35 bits per heavy atom. The van der Waals surface area contributed by atoms with Gasteiger partial charge in [-0.3, -0.25) is 4.79 Å². The molecule has 0 atom stereocenters. The third kappa shape index (κ3) is 3.74. The predicted molar refractivity (Wildman–Crippen MR) is 91.6 cm³/mol. The van der Waals surface area contributed by atoms with Crippen molar-refractivity contribution >= 4 is 34.7 Å². The van der Waals surface area contributed by atoms with Gasteiger partial charge in [-0.25, -0.2) is 4.98 Å². The first-order chi connectivity index (χ1) is 11.1. The lowest BCUT2D eigenvalue weighted by atomic mass is 10.2. The molecule has 1 aliphatic carbocycles. The van der Waals surface area contributed by atoms with Crippen molar-refractivity contribution in [3.8, 4) is 5.75 Å². The summed E-state index contributed by atoms with van der Waals surface area (Å²) in [6.07, 6.45) is 3.62. The van der Waals surface area contributed by atoms with Crippen LogP contribution in [0.25, 0.3) is 0 Å². The standard InChI is InChI=1S/C17H18ClN3O2/c1-10-7-14(15(23-2)8-13(10)18)20-12-5-6-16(19-9-12)21-17(22)11-3-4-11/h5-9,11,20H,3-4H2,1-2H3,(H,19,21,22). The molecule has 23 heavy (non-hydrogen) atoms.